The van der Waals surface area contributed by atoms with Crippen molar-refractivity contribution in [2.24, 2.45) is 0 Å². The topological polar surface area (TPSA) is 57.7 Å². The van der Waals surface area contributed by atoms with Gasteiger partial charge < -0.3 is 4.90 Å². The number of hydrogen-bond acceptors (Lipinski definition) is 3. The number of fused-ring (bicyclic) bond motifs is 1. The van der Waals surface area contributed by atoms with Crippen molar-refractivity contribution in [2.45, 2.75) is 49.1 Å². The van der Waals surface area contributed by atoms with Gasteiger partial charge >= 0.3 is 0 Å². The molecule has 154 valence electrons. The number of rotatable bonds is 5. The molecular weight excluding hydrogens is 452 g/mol. The van der Waals surface area contributed by atoms with Crippen LogP contribution in [0.15, 0.2) is 51.8 Å². The van der Waals surface area contributed by atoms with Crippen LogP contribution in [0, 0.1) is 0 Å². The fraction of sp³-hybridized carbons (Fsp3) is 0.409. The Morgan fingerprint density at radius 2 is 1.79 bits per heavy atom. The van der Waals surface area contributed by atoms with Gasteiger partial charge in [0.2, 0.25) is 10.0 Å². The molecule has 0 aliphatic heterocycles. The van der Waals surface area contributed by atoms with Crippen molar-refractivity contribution < 1.29 is 13.2 Å². The molecule has 0 spiro atoms. The maximum atomic E-state index is 13.6. The molecule has 0 aromatic heterocycles. The maximum absolute atomic E-state index is 13.6. The Labute approximate surface area is 180 Å². The summed E-state index contributed by atoms with van der Waals surface area (Å²) in [6.45, 7) is 0. The van der Waals surface area contributed by atoms with Crippen LogP contribution in [0.4, 0.5) is 0 Å². The van der Waals surface area contributed by atoms with Crippen LogP contribution in [0.2, 0.25) is 0 Å². The highest BCUT2D eigenvalue weighted by atomic mass is 79.9. The van der Waals surface area contributed by atoms with Gasteiger partial charge in [-0.05, 0) is 77.4 Å². The highest BCUT2D eigenvalue weighted by Gasteiger charge is 2.40. The third-order valence-electron chi connectivity index (χ3n) is 5.79. The Morgan fingerprint density at radius 1 is 1.07 bits per heavy atom. The van der Waals surface area contributed by atoms with Gasteiger partial charge in [0, 0.05) is 30.2 Å². The third kappa shape index (κ3) is 3.88. The van der Waals surface area contributed by atoms with Crippen LogP contribution in [-0.2, 0) is 16.4 Å². The van der Waals surface area contributed by atoms with Crippen molar-refractivity contribution in [1.82, 2.24) is 9.21 Å². The minimum atomic E-state index is -3.65. The molecule has 1 atom stereocenters. The zero-order valence-electron chi connectivity index (χ0n) is 16.6. The molecule has 0 bridgehead atoms. The van der Waals surface area contributed by atoms with E-state index in [2.05, 4.69) is 34.1 Å². The van der Waals surface area contributed by atoms with E-state index in [9.17, 15) is 13.2 Å². The van der Waals surface area contributed by atoms with Gasteiger partial charge in [0.25, 0.3) is 5.91 Å². The largest absolute Gasteiger partial charge is 0.329 e. The van der Waals surface area contributed by atoms with E-state index in [-0.39, 0.29) is 22.9 Å². The standard InChI is InChI=1S/C22H25BrN2O3S/c1-24(2)29(27,28)21-14-16(10-13-19(21)23)22(26)25(17-11-12-17)20-9-5-7-15-6-3-4-8-18(15)20/h3-4,6,8,10,13-14,17,20H,5,7,9,11-12H2,1-2H3. The number of carbonyl (C=O) groups is 1. The Morgan fingerprint density at radius 3 is 2.48 bits per heavy atom. The van der Waals surface area contributed by atoms with Gasteiger partial charge in [-0.1, -0.05) is 24.3 Å². The maximum Gasteiger partial charge on any atom is 0.254 e. The summed E-state index contributed by atoms with van der Waals surface area (Å²) in [5.41, 5.74) is 2.97. The molecule has 2 aromatic rings. The number of aryl methyl sites for hydroxylation is 1. The first-order chi connectivity index (χ1) is 13.8. The monoisotopic (exact) mass is 476 g/mol. The summed E-state index contributed by atoms with van der Waals surface area (Å²) in [6.07, 6.45) is 5.05. The predicted molar refractivity (Wildman–Crippen MR) is 116 cm³/mol. The molecule has 7 heteroatoms. The van der Waals surface area contributed by atoms with E-state index in [1.165, 1.54) is 31.3 Å². The average molecular weight is 477 g/mol. The van der Waals surface area contributed by atoms with Crippen molar-refractivity contribution in [3.8, 4) is 0 Å². The van der Waals surface area contributed by atoms with Gasteiger partial charge in [0.05, 0.1) is 10.9 Å². The van der Waals surface area contributed by atoms with E-state index in [1.807, 2.05) is 11.0 Å². The second-order valence-corrected chi connectivity index (χ2v) is 11.0. The molecule has 1 fully saturated rings. The molecule has 2 aromatic carbocycles. The third-order valence-corrected chi connectivity index (χ3v) is 8.59. The first-order valence-electron chi connectivity index (χ1n) is 9.93. The summed E-state index contributed by atoms with van der Waals surface area (Å²) in [5, 5.41) is 0. The molecule has 0 heterocycles. The molecule has 0 radical (unpaired) electrons. The van der Waals surface area contributed by atoms with Crippen LogP contribution in [0.1, 0.15) is 53.2 Å². The second-order valence-electron chi connectivity index (χ2n) is 7.98. The van der Waals surface area contributed by atoms with Crippen LogP contribution in [0.3, 0.4) is 0 Å². The molecule has 29 heavy (non-hydrogen) atoms. The number of benzene rings is 2. The summed E-state index contributed by atoms with van der Waals surface area (Å²) in [6, 6.07) is 13.5. The van der Waals surface area contributed by atoms with Gasteiger partial charge in [-0.3, -0.25) is 4.79 Å². The zero-order chi connectivity index (χ0) is 20.8. The normalized spacial score (nSPS) is 19.1. The SMILES string of the molecule is CN(C)S(=O)(=O)c1cc(C(=O)N(C2CC2)C2CCCc3ccccc32)ccc1Br. The van der Waals surface area contributed by atoms with E-state index < -0.39 is 10.0 Å². The number of hydrogen-bond donors (Lipinski definition) is 0. The van der Waals surface area contributed by atoms with Crippen LogP contribution in [-0.4, -0.2) is 43.7 Å². The first kappa shape index (κ1) is 20.6. The van der Waals surface area contributed by atoms with Crippen molar-refractivity contribution in [3.05, 3.63) is 63.6 Å². The number of sulfonamides is 1. The summed E-state index contributed by atoms with van der Waals surface area (Å²) >= 11 is 3.33. The summed E-state index contributed by atoms with van der Waals surface area (Å²) in [4.78, 5) is 15.7. The lowest BCUT2D eigenvalue weighted by Crippen LogP contribution is -2.38. The van der Waals surface area contributed by atoms with Gasteiger partial charge in [0.1, 0.15) is 0 Å². The van der Waals surface area contributed by atoms with E-state index >= 15 is 0 Å². The van der Waals surface area contributed by atoms with Crippen LogP contribution in [0.25, 0.3) is 0 Å². The van der Waals surface area contributed by atoms with E-state index in [4.69, 9.17) is 0 Å². The molecule has 0 N–H and O–H groups in total. The fourth-order valence-corrected chi connectivity index (χ4v) is 5.96. The quantitative estimate of drug-likeness (QED) is 0.642. The molecule has 1 amide bonds. The first-order valence-corrected chi connectivity index (χ1v) is 12.2. The molecule has 1 unspecified atom stereocenters. The number of halogens is 1. The Hall–Kier alpha value is -1.70. The van der Waals surface area contributed by atoms with Crippen molar-refractivity contribution in [3.63, 3.8) is 0 Å². The molecule has 2 aliphatic rings. The summed E-state index contributed by atoms with van der Waals surface area (Å²) in [5.74, 6) is -0.0862. The van der Waals surface area contributed by atoms with Crippen molar-refractivity contribution in [2.75, 3.05) is 14.1 Å². The number of amides is 1. The molecule has 2 aliphatic carbocycles. The Balaban J connectivity index is 1.73. The highest BCUT2D eigenvalue weighted by Crippen LogP contribution is 2.42. The van der Waals surface area contributed by atoms with E-state index in [0.717, 1.165) is 36.4 Å². The Kier molecular flexibility index (Phi) is 5.57. The van der Waals surface area contributed by atoms with Gasteiger partial charge in [-0.25, -0.2) is 12.7 Å². The van der Waals surface area contributed by atoms with Gasteiger partial charge in [-0.2, -0.15) is 0 Å². The minimum absolute atomic E-state index is 0.0532. The molecule has 1 saturated carbocycles. The highest BCUT2D eigenvalue weighted by molar-refractivity contribution is 9.10. The Bertz CT molecular complexity index is 1050. The lowest BCUT2D eigenvalue weighted by atomic mass is 9.86. The lowest BCUT2D eigenvalue weighted by molar-refractivity contribution is 0.0637. The van der Waals surface area contributed by atoms with Crippen LogP contribution in [0.5, 0.6) is 0 Å². The lowest BCUT2D eigenvalue weighted by Gasteiger charge is -2.36. The fourth-order valence-electron chi connectivity index (χ4n) is 4.11. The molecule has 5 nitrogen and oxygen atoms in total. The van der Waals surface area contributed by atoms with Crippen LogP contribution < -0.4 is 0 Å². The second kappa shape index (κ2) is 7.85. The average Bonchev–Trinajstić information content (AvgIpc) is 3.53. The van der Waals surface area contributed by atoms with Gasteiger partial charge in [-0.15, -0.1) is 0 Å². The van der Waals surface area contributed by atoms with E-state index in [0.29, 0.717) is 10.0 Å². The summed E-state index contributed by atoms with van der Waals surface area (Å²) < 4.78 is 27.0. The van der Waals surface area contributed by atoms with Crippen LogP contribution >= 0.6 is 15.9 Å². The van der Waals surface area contributed by atoms with Crippen molar-refractivity contribution in [1.29, 1.82) is 0 Å². The zero-order valence-corrected chi connectivity index (χ0v) is 19.0. The molecular formula is C22H25BrN2O3S. The molecule has 4 rings (SSSR count). The summed E-state index contributed by atoms with van der Waals surface area (Å²) in [7, 11) is -0.668. The number of nitrogens with zero attached hydrogens (tertiary/aromatic N) is 2. The minimum Gasteiger partial charge on any atom is -0.329 e. The molecule has 0 saturated heterocycles. The predicted octanol–water partition coefficient (Wildman–Crippen LogP) is 4.38. The van der Waals surface area contributed by atoms with Gasteiger partial charge in [0.15, 0.2) is 0 Å². The van der Waals surface area contributed by atoms with E-state index in [1.54, 1.807) is 12.1 Å². The number of carbonyl (C=O) groups excluding carboxylic acids is 1. The van der Waals surface area contributed by atoms with Crippen molar-refractivity contribution >= 4 is 31.9 Å². The smallest absolute Gasteiger partial charge is 0.254 e.